The van der Waals surface area contributed by atoms with Gasteiger partial charge in [-0.15, -0.1) is 5.16 Å². The van der Waals surface area contributed by atoms with Crippen LogP contribution >= 0.6 is 0 Å². The summed E-state index contributed by atoms with van der Waals surface area (Å²) in [6.07, 6.45) is 8.10. The third kappa shape index (κ3) is 6.08. The van der Waals surface area contributed by atoms with E-state index in [1.54, 1.807) is 0 Å². The molecule has 0 saturated carbocycles. The second kappa shape index (κ2) is 9.64. The Balaban J connectivity index is 1.95. The highest BCUT2D eigenvalue weighted by molar-refractivity contribution is 5.95. The van der Waals surface area contributed by atoms with E-state index in [1.807, 2.05) is 71.9 Å². The summed E-state index contributed by atoms with van der Waals surface area (Å²) < 4.78 is 9.54. The van der Waals surface area contributed by atoms with Crippen LogP contribution in [0.5, 0.6) is 0 Å². The number of nitrogens with zero attached hydrogens (tertiary/aromatic N) is 3. The van der Waals surface area contributed by atoms with Crippen LogP contribution in [0.2, 0.25) is 0 Å². The van der Waals surface area contributed by atoms with E-state index in [2.05, 4.69) is 5.16 Å². The maximum atomic E-state index is 12.2. The van der Waals surface area contributed by atoms with Crippen molar-refractivity contribution in [1.29, 1.82) is 0 Å². The first-order valence-electron chi connectivity index (χ1n) is 8.33. The number of ketones is 1. The van der Waals surface area contributed by atoms with Gasteiger partial charge in [0.1, 0.15) is 0 Å². The molecule has 0 aliphatic heterocycles. The highest BCUT2D eigenvalue weighted by Gasteiger charge is 2.13. The first-order chi connectivity index (χ1) is 12.1. The largest absolute Gasteiger partial charge is 0.411 e. The van der Waals surface area contributed by atoms with Gasteiger partial charge in [0.15, 0.2) is 30.1 Å². The van der Waals surface area contributed by atoms with Gasteiger partial charge in [0.25, 0.3) is 13.5 Å². The first-order valence-corrected chi connectivity index (χ1v) is 8.33. The highest BCUT2D eigenvalue weighted by atomic mass is 16.5. The maximum absolute atomic E-state index is 12.2. The zero-order valence-electron chi connectivity index (χ0n) is 14.7. The standard InChI is InChI=1S/C19H24N3O3/c1-16(2)12-19(23)17-6-5-10-21(13-17)14-25-15-22-11-4-3-7-18(22)8-9-20-24/h3-7,9-11,13,16H,8,12,14-15H2,1-2H3/q+1/p+1/b20-9-. The minimum absolute atomic E-state index is 0.146. The van der Waals surface area contributed by atoms with Gasteiger partial charge in [0, 0.05) is 24.6 Å². The van der Waals surface area contributed by atoms with Crippen LogP contribution in [0.1, 0.15) is 36.3 Å². The Labute approximate surface area is 148 Å². The van der Waals surface area contributed by atoms with Crippen molar-refractivity contribution in [2.24, 2.45) is 11.1 Å². The summed E-state index contributed by atoms with van der Waals surface area (Å²) in [4.78, 5) is 12.2. The maximum Gasteiger partial charge on any atom is 0.258 e. The predicted molar refractivity (Wildman–Crippen MR) is 92.1 cm³/mol. The van der Waals surface area contributed by atoms with Crippen LogP contribution in [0, 0.1) is 5.92 Å². The number of carbonyl (C=O) groups excluding carboxylic acids is 1. The zero-order chi connectivity index (χ0) is 18.1. The van der Waals surface area contributed by atoms with Crippen LogP contribution in [0.4, 0.5) is 0 Å². The smallest absolute Gasteiger partial charge is 0.258 e. The van der Waals surface area contributed by atoms with Gasteiger partial charge in [0.05, 0.1) is 18.2 Å². The Morgan fingerprint density at radius 1 is 1.24 bits per heavy atom. The molecule has 0 aliphatic carbocycles. The average molecular weight is 343 g/mol. The minimum Gasteiger partial charge on any atom is -0.411 e. The molecular formula is C19H25N3O3+2. The Kier molecular flexibility index (Phi) is 7.22. The van der Waals surface area contributed by atoms with Gasteiger partial charge in [-0.1, -0.05) is 19.9 Å². The molecule has 2 aromatic heterocycles. The average Bonchev–Trinajstić information content (AvgIpc) is 2.60. The van der Waals surface area contributed by atoms with Crippen molar-refractivity contribution in [3.8, 4) is 0 Å². The lowest BCUT2D eigenvalue weighted by Gasteiger charge is -2.04. The molecule has 1 N–H and O–H groups in total. The molecular weight excluding hydrogens is 318 g/mol. The van der Waals surface area contributed by atoms with Gasteiger partial charge in [-0.2, -0.15) is 9.13 Å². The molecule has 0 unspecified atom stereocenters. The van der Waals surface area contributed by atoms with Crippen molar-refractivity contribution in [1.82, 2.24) is 0 Å². The van der Waals surface area contributed by atoms with Crippen LogP contribution < -0.4 is 9.13 Å². The van der Waals surface area contributed by atoms with Gasteiger partial charge in [-0.3, -0.25) is 9.53 Å². The molecule has 0 atom stereocenters. The molecule has 0 fully saturated rings. The number of ether oxygens (including phenoxy) is 1. The van der Waals surface area contributed by atoms with Crippen molar-refractivity contribution < 1.29 is 23.9 Å². The molecule has 0 amide bonds. The second-order valence-electron chi connectivity index (χ2n) is 6.25. The highest BCUT2D eigenvalue weighted by Crippen LogP contribution is 2.07. The van der Waals surface area contributed by atoms with Crippen molar-refractivity contribution in [3.05, 3.63) is 60.2 Å². The van der Waals surface area contributed by atoms with Crippen molar-refractivity contribution in [3.63, 3.8) is 0 Å². The lowest BCUT2D eigenvalue weighted by molar-refractivity contribution is -0.791. The van der Waals surface area contributed by atoms with E-state index in [4.69, 9.17) is 9.94 Å². The normalized spacial score (nSPS) is 11.3. The first kappa shape index (κ1) is 18.7. The van der Waals surface area contributed by atoms with E-state index in [1.165, 1.54) is 6.21 Å². The molecule has 25 heavy (non-hydrogen) atoms. The number of hydrogen-bond donors (Lipinski definition) is 1. The molecule has 0 bridgehead atoms. The fourth-order valence-corrected chi connectivity index (χ4v) is 2.46. The van der Waals surface area contributed by atoms with E-state index < -0.39 is 0 Å². The Morgan fingerprint density at radius 2 is 2.08 bits per heavy atom. The number of pyridine rings is 2. The van der Waals surface area contributed by atoms with E-state index in [0.717, 1.165) is 5.69 Å². The molecule has 6 nitrogen and oxygen atoms in total. The number of aromatic nitrogens is 2. The molecule has 0 aliphatic rings. The van der Waals surface area contributed by atoms with Gasteiger partial charge in [-0.05, 0) is 12.0 Å². The lowest BCUT2D eigenvalue weighted by Crippen LogP contribution is -2.43. The van der Waals surface area contributed by atoms with Crippen LogP contribution in [0.25, 0.3) is 0 Å². The third-order valence-electron chi connectivity index (χ3n) is 3.66. The molecule has 0 spiro atoms. The van der Waals surface area contributed by atoms with Crippen LogP contribution in [0.15, 0.2) is 54.1 Å². The quantitative estimate of drug-likeness (QED) is 0.249. The van der Waals surface area contributed by atoms with E-state index in [-0.39, 0.29) is 5.78 Å². The Hall–Kier alpha value is -2.60. The van der Waals surface area contributed by atoms with Crippen LogP contribution in [0.3, 0.4) is 0 Å². The predicted octanol–water partition coefficient (Wildman–Crippen LogP) is 2.12. The number of rotatable bonds is 9. The van der Waals surface area contributed by atoms with E-state index in [0.29, 0.717) is 37.8 Å². The van der Waals surface area contributed by atoms with Crippen molar-refractivity contribution in [2.75, 3.05) is 0 Å². The van der Waals surface area contributed by atoms with Crippen LogP contribution in [-0.4, -0.2) is 17.2 Å². The molecule has 0 aromatic carbocycles. The zero-order valence-corrected chi connectivity index (χ0v) is 14.7. The summed E-state index contributed by atoms with van der Waals surface area (Å²) >= 11 is 0. The van der Waals surface area contributed by atoms with Gasteiger partial charge in [0.2, 0.25) is 0 Å². The topological polar surface area (TPSA) is 66.7 Å². The number of oxime groups is 1. The Bertz CT molecular complexity index is 729. The van der Waals surface area contributed by atoms with Gasteiger partial charge in [-0.25, -0.2) is 0 Å². The fourth-order valence-electron chi connectivity index (χ4n) is 2.46. The summed E-state index contributed by atoms with van der Waals surface area (Å²) in [6.45, 7) is 4.78. The van der Waals surface area contributed by atoms with E-state index in [9.17, 15) is 4.79 Å². The fraction of sp³-hybridized carbons (Fsp3) is 0.368. The second-order valence-corrected chi connectivity index (χ2v) is 6.25. The summed E-state index contributed by atoms with van der Waals surface area (Å²) in [5.74, 6) is 0.486. The molecule has 132 valence electrons. The number of Topliss-reactive ketones (excluding diaryl/α,β-unsaturated/α-hetero) is 1. The summed E-state index contributed by atoms with van der Waals surface area (Å²) in [5.41, 5.74) is 1.68. The van der Waals surface area contributed by atoms with Crippen molar-refractivity contribution in [2.45, 2.75) is 40.2 Å². The molecule has 2 aromatic rings. The van der Waals surface area contributed by atoms with Gasteiger partial charge < -0.3 is 5.21 Å². The third-order valence-corrected chi connectivity index (χ3v) is 3.66. The molecule has 6 heteroatoms. The Morgan fingerprint density at radius 3 is 2.84 bits per heavy atom. The summed E-state index contributed by atoms with van der Waals surface area (Å²) in [7, 11) is 0. The van der Waals surface area contributed by atoms with Gasteiger partial charge >= 0.3 is 0 Å². The monoisotopic (exact) mass is 343 g/mol. The SMILES string of the molecule is CC(C)CC(=O)c1ccc[n+](COC[n+]2ccccc2C/C=N\O)c1. The number of hydrogen-bond acceptors (Lipinski definition) is 4. The van der Waals surface area contributed by atoms with Crippen LogP contribution in [-0.2, 0) is 24.6 Å². The molecule has 2 rings (SSSR count). The summed E-state index contributed by atoms with van der Waals surface area (Å²) in [5, 5.41) is 11.6. The molecule has 2 heterocycles. The minimum atomic E-state index is 0.146. The molecule has 0 saturated heterocycles. The number of carbonyl (C=O) groups is 1. The summed E-state index contributed by atoms with van der Waals surface area (Å²) in [6, 6.07) is 9.48. The van der Waals surface area contributed by atoms with E-state index >= 15 is 0 Å². The molecule has 0 radical (unpaired) electrons. The van der Waals surface area contributed by atoms with Crippen molar-refractivity contribution >= 4 is 12.0 Å². The lowest BCUT2D eigenvalue weighted by atomic mass is 10.0.